The number of esters is 1. The average Bonchev–Trinajstić information content (AvgIpc) is 2.30. The molecule has 0 aliphatic rings. The summed E-state index contributed by atoms with van der Waals surface area (Å²) in [4.78, 5) is 24.5. The minimum absolute atomic E-state index is 0.0445. The van der Waals surface area contributed by atoms with E-state index in [1.807, 2.05) is 0 Å². The standard InChI is InChI=1S/C10H9N3O5/c1-3-18-10(14)9(11-2)7-6-12(15)5-4-8(7)13(16)17/h4-6,9H,3H2,1H3. The van der Waals surface area contributed by atoms with Crippen molar-refractivity contribution in [3.05, 3.63) is 50.8 Å². The van der Waals surface area contributed by atoms with E-state index in [-0.39, 0.29) is 12.2 Å². The molecular weight excluding hydrogens is 242 g/mol. The van der Waals surface area contributed by atoms with Crippen LogP contribution in [0.5, 0.6) is 0 Å². The molecule has 18 heavy (non-hydrogen) atoms. The molecule has 1 rings (SSSR count). The van der Waals surface area contributed by atoms with Crippen molar-refractivity contribution in [1.82, 2.24) is 0 Å². The Morgan fingerprint density at radius 1 is 1.72 bits per heavy atom. The Morgan fingerprint density at radius 3 is 2.89 bits per heavy atom. The van der Waals surface area contributed by atoms with E-state index >= 15 is 0 Å². The van der Waals surface area contributed by atoms with E-state index in [0.717, 1.165) is 18.5 Å². The third kappa shape index (κ3) is 2.70. The van der Waals surface area contributed by atoms with Crippen LogP contribution < -0.4 is 4.73 Å². The van der Waals surface area contributed by atoms with E-state index in [4.69, 9.17) is 6.57 Å². The number of nitrogens with zero attached hydrogens (tertiary/aromatic N) is 3. The zero-order valence-corrected chi connectivity index (χ0v) is 9.40. The minimum Gasteiger partial charge on any atom is -0.619 e. The SMILES string of the molecule is [C-]#[N+]C(C(=O)OCC)c1c[n+]([O-])ccc1[N+](=O)[O-]. The molecule has 0 amide bonds. The Hall–Kier alpha value is -2.69. The van der Waals surface area contributed by atoms with Crippen molar-refractivity contribution in [2.45, 2.75) is 13.0 Å². The fourth-order valence-corrected chi connectivity index (χ4v) is 1.33. The molecule has 1 atom stereocenters. The molecule has 1 heterocycles. The summed E-state index contributed by atoms with van der Waals surface area (Å²) >= 11 is 0. The van der Waals surface area contributed by atoms with Gasteiger partial charge in [0.25, 0.3) is 5.69 Å². The lowest BCUT2D eigenvalue weighted by Gasteiger charge is -2.05. The van der Waals surface area contributed by atoms with E-state index in [1.165, 1.54) is 0 Å². The zero-order valence-electron chi connectivity index (χ0n) is 9.40. The Labute approximate surface area is 102 Å². The summed E-state index contributed by atoms with van der Waals surface area (Å²) in [7, 11) is 0. The van der Waals surface area contributed by atoms with Crippen molar-refractivity contribution in [2.24, 2.45) is 0 Å². The van der Waals surface area contributed by atoms with Crippen LogP contribution >= 0.6 is 0 Å². The molecule has 8 heteroatoms. The van der Waals surface area contributed by atoms with E-state index in [0.29, 0.717) is 4.73 Å². The van der Waals surface area contributed by atoms with Gasteiger partial charge in [0.05, 0.1) is 17.6 Å². The van der Waals surface area contributed by atoms with Crippen molar-refractivity contribution >= 4 is 11.7 Å². The van der Waals surface area contributed by atoms with Crippen LogP contribution in [0.3, 0.4) is 0 Å². The lowest BCUT2D eigenvalue weighted by atomic mass is 10.1. The quantitative estimate of drug-likeness (QED) is 0.196. The lowest BCUT2D eigenvalue weighted by Crippen LogP contribution is -2.27. The second-order valence-corrected chi connectivity index (χ2v) is 3.19. The number of hydrogen-bond donors (Lipinski definition) is 0. The number of carbonyl (C=O) groups is 1. The average molecular weight is 251 g/mol. The molecule has 0 fully saturated rings. The third-order valence-electron chi connectivity index (χ3n) is 2.07. The highest BCUT2D eigenvalue weighted by Gasteiger charge is 2.36. The molecule has 1 unspecified atom stereocenters. The molecule has 0 aliphatic carbocycles. The van der Waals surface area contributed by atoms with E-state index < -0.39 is 22.6 Å². The predicted octanol–water partition coefficient (Wildman–Crippen LogP) is 0.752. The van der Waals surface area contributed by atoms with E-state index in [9.17, 15) is 20.1 Å². The van der Waals surface area contributed by atoms with Crippen LogP contribution in [0.1, 0.15) is 18.5 Å². The maximum absolute atomic E-state index is 11.5. The monoisotopic (exact) mass is 251 g/mol. The predicted molar refractivity (Wildman–Crippen MR) is 58.0 cm³/mol. The van der Waals surface area contributed by atoms with Gasteiger partial charge in [-0.1, -0.05) is 0 Å². The van der Waals surface area contributed by atoms with Crippen LogP contribution in [-0.2, 0) is 9.53 Å². The summed E-state index contributed by atoms with van der Waals surface area (Å²) in [5, 5.41) is 21.9. The summed E-state index contributed by atoms with van der Waals surface area (Å²) in [5.41, 5.74) is -0.734. The topological polar surface area (TPSA) is 101 Å². The van der Waals surface area contributed by atoms with Gasteiger partial charge in [0.1, 0.15) is 0 Å². The van der Waals surface area contributed by atoms with Crippen LogP contribution in [0.4, 0.5) is 5.69 Å². The summed E-state index contributed by atoms with van der Waals surface area (Å²) in [5.74, 6) is -0.915. The number of rotatable bonds is 4. The fourth-order valence-electron chi connectivity index (χ4n) is 1.33. The maximum atomic E-state index is 11.5. The molecular formula is C10H9N3O5. The van der Waals surface area contributed by atoms with Gasteiger partial charge < -0.3 is 9.94 Å². The maximum Gasteiger partial charge on any atom is 0.395 e. The number of carbonyl (C=O) groups excluding carboxylic acids is 1. The third-order valence-corrected chi connectivity index (χ3v) is 2.07. The molecule has 0 spiro atoms. The van der Waals surface area contributed by atoms with Gasteiger partial charge in [-0.3, -0.25) is 15.0 Å². The van der Waals surface area contributed by atoms with Gasteiger partial charge in [0.2, 0.25) is 0 Å². The number of hydrogen-bond acceptors (Lipinski definition) is 5. The van der Waals surface area contributed by atoms with Crippen LogP contribution in [0, 0.1) is 21.9 Å². The van der Waals surface area contributed by atoms with Crippen molar-refractivity contribution in [3.63, 3.8) is 0 Å². The van der Waals surface area contributed by atoms with Crippen LogP contribution in [0.15, 0.2) is 18.5 Å². The van der Waals surface area contributed by atoms with Crippen molar-refractivity contribution in [1.29, 1.82) is 0 Å². The Balaban J connectivity index is 3.28. The summed E-state index contributed by atoms with van der Waals surface area (Å²) in [6.07, 6.45) is 1.76. The summed E-state index contributed by atoms with van der Waals surface area (Å²) in [6.45, 7) is 8.50. The molecule has 0 N–H and O–H groups in total. The van der Waals surface area contributed by atoms with Gasteiger partial charge in [0.15, 0.2) is 18.0 Å². The highest BCUT2D eigenvalue weighted by molar-refractivity contribution is 5.80. The Morgan fingerprint density at radius 2 is 2.39 bits per heavy atom. The van der Waals surface area contributed by atoms with Crippen LogP contribution in [0.2, 0.25) is 0 Å². The number of aromatic nitrogens is 1. The number of nitro groups is 1. The zero-order chi connectivity index (χ0) is 13.7. The van der Waals surface area contributed by atoms with Crippen LogP contribution in [0.25, 0.3) is 4.85 Å². The largest absolute Gasteiger partial charge is 0.619 e. The van der Waals surface area contributed by atoms with Gasteiger partial charge in [-0.2, -0.15) is 4.73 Å². The molecule has 1 aromatic rings. The van der Waals surface area contributed by atoms with Crippen molar-refractivity contribution in [2.75, 3.05) is 6.61 Å². The molecule has 0 saturated carbocycles. The Bertz CT molecular complexity index is 523. The summed E-state index contributed by atoms with van der Waals surface area (Å²) < 4.78 is 4.93. The van der Waals surface area contributed by atoms with Gasteiger partial charge >= 0.3 is 12.0 Å². The van der Waals surface area contributed by atoms with Crippen molar-refractivity contribution < 1.29 is 19.2 Å². The number of pyridine rings is 1. The first-order valence-electron chi connectivity index (χ1n) is 4.91. The molecule has 1 aromatic heterocycles. The molecule has 8 nitrogen and oxygen atoms in total. The van der Waals surface area contributed by atoms with Gasteiger partial charge in [-0.25, -0.2) is 11.4 Å². The molecule has 0 saturated heterocycles. The van der Waals surface area contributed by atoms with Gasteiger partial charge in [0, 0.05) is 0 Å². The normalized spacial score (nSPS) is 11.3. The van der Waals surface area contributed by atoms with Crippen LogP contribution in [-0.4, -0.2) is 17.5 Å². The van der Waals surface area contributed by atoms with Gasteiger partial charge in [-0.05, 0) is 6.92 Å². The Kier molecular flexibility index (Phi) is 4.15. The second-order valence-electron chi connectivity index (χ2n) is 3.19. The molecule has 0 aromatic carbocycles. The van der Waals surface area contributed by atoms with E-state index in [1.54, 1.807) is 6.92 Å². The molecule has 0 bridgehead atoms. The minimum atomic E-state index is -1.51. The molecule has 94 valence electrons. The fraction of sp³-hybridized carbons (Fsp3) is 0.300. The summed E-state index contributed by atoms with van der Waals surface area (Å²) in [6, 6.07) is -0.563. The first kappa shape index (κ1) is 13.4. The van der Waals surface area contributed by atoms with E-state index in [2.05, 4.69) is 9.58 Å². The van der Waals surface area contributed by atoms with Crippen molar-refractivity contribution in [3.8, 4) is 0 Å². The highest BCUT2D eigenvalue weighted by Crippen LogP contribution is 2.27. The second kappa shape index (κ2) is 5.58. The first-order chi connectivity index (χ1) is 8.51. The highest BCUT2D eigenvalue weighted by atomic mass is 16.6. The molecule has 0 aliphatic heterocycles. The first-order valence-corrected chi connectivity index (χ1v) is 4.91. The van der Waals surface area contributed by atoms with Gasteiger partial charge in [-0.15, -0.1) is 0 Å². The number of ether oxygens (including phenoxy) is 1. The molecule has 0 radical (unpaired) electrons. The lowest BCUT2D eigenvalue weighted by molar-refractivity contribution is -0.606. The smallest absolute Gasteiger partial charge is 0.395 e.